The van der Waals surface area contributed by atoms with Crippen LogP contribution in [-0.2, 0) is 15.4 Å². The van der Waals surface area contributed by atoms with Gasteiger partial charge in [-0.1, -0.05) is 29.8 Å². The van der Waals surface area contributed by atoms with Crippen molar-refractivity contribution in [3.63, 3.8) is 0 Å². The Kier molecular flexibility index (Phi) is 5.06. The van der Waals surface area contributed by atoms with Gasteiger partial charge in [0.25, 0.3) is 0 Å². The average molecular weight is 449 g/mol. The minimum absolute atomic E-state index is 0.198. The van der Waals surface area contributed by atoms with E-state index in [2.05, 4.69) is 16.0 Å². The van der Waals surface area contributed by atoms with Crippen LogP contribution < -0.4 is 5.69 Å². The number of aromatic amines is 1. The Morgan fingerprint density at radius 1 is 1.00 bits per heavy atom. The van der Waals surface area contributed by atoms with E-state index in [1.165, 1.54) is 0 Å². The van der Waals surface area contributed by atoms with E-state index in [1.54, 1.807) is 17.9 Å². The summed E-state index contributed by atoms with van der Waals surface area (Å²) in [5.74, 6) is 0. The lowest BCUT2D eigenvalue weighted by Crippen LogP contribution is -2.14. The van der Waals surface area contributed by atoms with Gasteiger partial charge < -0.3 is 4.98 Å². The molecule has 0 fully saturated rings. The molecule has 1 unspecified atom stereocenters. The number of halogens is 1. The zero-order chi connectivity index (χ0) is 21.5. The van der Waals surface area contributed by atoms with Crippen molar-refractivity contribution in [2.45, 2.75) is 4.90 Å². The standard InChI is InChI=1S/C24H18ClN3O2S/c1-30-31(2)19-10-8-18(9-11-19)28-23-20-13-16(15-3-6-17(25)7-4-15)5-12-21(20)26-14-22(23)27-24(28)29/h3-14H,1-2H3/p+1. The van der Waals surface area contributed by atoms with Crippen molar-refractivity contribution >= 4 is 44.7 Å². The highest BCUT2D eigenvalue weighted by atomic mass is 35.5. The third-order valence-electron chi connectivity index (χ3n) is 5.36. The third-order valence-corrected chi connectivity index (χ3v) is 7.05. The summed E-state index contributed by atoms with van der Waals surface area (Å²) in [6.07, 6.45) is 3.73. The number of fused-ring (bicyclic) bond motifs is 3. The number of hydrogen-bond acceptors (Lipinski definition) is 3. The summed E-state index contributed by atoms with van der Waals surface area (Å²) in [5, 5.41) is 1.60. The van der Waals surface area contributed by atoms with Crippen molar-refractivity contribution in [2.75, 3.05) is 13.4 Å². The lowest BCUT2D eigenvalue weighted by molar-refractivity contribution is 0.475. The van der Waals surface area contributed by atoms with Crippen LogP contribution in [-0.4, -0.2) is 27.9 Å². The maximum atomic E-state index is 12.9. The summed E-state index contributed by atoms with van der Waals surface area (Å²) in [7, 11) is 1.69. The minimum Gasteiger partial charge on any atom is -0.304 e. The number of pyridine rings is 1. The normalized spacial score (nSPS) is 12.5. The molecule has 0 spiro atoms. The lowest BCUT2D eigenvalue weighted by Gasteiger charge is -2.08. The van der Waals surface area contributed by atoms with Gasteiger partial charge in [0.2, 0.25) is 0 Å². The summed E-state index contributed by atoms with van der Waals surface area (Å²) in [6, 6.07) is 21.7. The SMILES string of the molecule is CO[S+](C)c1ccc(-n2c(=O)[nH]c3cnc4ccc(-c5ccc(Cl)cc5)cc4c32)cc1. The van der Waals surface area contributed by atoms with E-state index >= 15 is 0 Å². The van der Waals surface area contributed by atoms with Crippen molar-refractivity contribution in [1.29, 1.82) is 0 Å². The summed E-state index contributed by atoms with van der Waals surface area (Å²) in [6.45, 7) is 0. The average Bonchev–Trinajstić information content (AvgIpc) is 3.15. The predicted molar refractivity (Wildman–Crippen MR) is 128 cm³/mol. The third kappa shape index (κ3) is 3.53. The Bertz CT molecular complexity index is 1460. The number of hydrogen-bond donors (Lipinski definition) is 1. The molecular weight excluding hydrogens is 430 g/mol. The first kappa shape index (κ1) is 19.9. The molecule has 0 aliphatic carbocycles. The molecule has 0 radical (unpaired) electrons. The van der Waals surface area contributed by atoms with Gasteiger partial charge in [-0.3, -0.25) is 9.55 Å². The first-order valence-electron chi connectivity index (χ1n) is 9.65. The molecule has 2 aromatic heterocycles. The van der Waals surface area contributed by atoms with Crippen molar-refractivity contribution in [2.24, 2.45) is 0 Å². The number of nitrogens with one attached hydrogen (secondary N) is 1. The Balaban J connectivity index is 1.73. The van der Waals surface area contributed by atoms with Gasteiger partial charge in [0.1, 0.15) is 6.26 Å². The predicted octanol–water partition coefficient (Wildman–Crippen LogP) is 5.36. The molecule has 1 atom stereocenters. The topological polar surface area (TPSA) is 59.9 Å². The summed E-state index contributed by atoms with van der Waals surface area (Å²) in [5.41, 5.74) is 5.00. The quantitative estimate of drug-likeness (QED) is 0.377. The van der Waals surface area contributed by atoms with Gasteiger partial charge in [0.15, 0.2) is 16.1 Å². The van der Waals surface area contributed by atoms with Gasteiger partial charge in [0.05, 0.1) is 35.5 Å². The Morgan fingerprint density at radius 3 is 2.42 bits per heavy atom. The van der Waals surface area contributed by atoms with Crippen molar-refractivity contribution in [3.8, 4) is 16.8 Å². The van der Waals surface area contributed by atoms with Gasteiger partial charge in [0, 0.05) is 10.4 Å². The summed E-state index contributed by atoms with van der Waals surface area (Å²) < 4.78 is 7.12. The number of benzene rings is 3. The molecule has 154 valence electrons. The van der Waals surface area contributed by atoms with Crippen LogP contribution in [0, 0.1) is 0 Å². The van der Waals surface area contributed by atoms with Gasteiger partial charge in [-0.05, 0) is 59.7 Å². The molecule has 1 N–H and O–H groups in total. The van der Waals surface area contributed by atoms with Gasteiger partial charge in [-0.15, -0.1) is 0 Å². The summed E-state index contributed by atoms with van der Waals surface area (Å²) in [4.78, 5) is 21.4. The molecule has 3 aromatic carbocycles. The highest BCUT2D eigenvalue weighted by molar-refractivity contribution is 7.91. The second kappa shape index (κ2) is 7.89. The highest BCUT2D eigenvalue weighted by Gasteiger charge is 2.17. The second-order valence-corrected chi connectivity index (χ2v) is 9.29. The molecule has 31 heavy (non-hydrogen) atoms. The molecule has 5 aromatic rings. The van der Waals surface area contributed by atoms with Crippen molar-refractivity contribution in [3.05, 3.63) is 88.4 Å². The van der Waals surface area contributed by atoms with E-state index in [4.69, 9.17) is 15.8 Å². The molecule has 0 saturated heterocycles. The highest BCUT2D eigenvalue weighted by Crippen LogP contribution is 2.30. The second-order valence-electron chi connectivity index (χ2n) is 7.14. The van der Waals surface area contributed by atoms with Crippen LogP contribution in [0.5, 0.6) is 0 Å². The van der Waals surface area contributed by atoms with Crippen LogP contribution in [0.2, 0.25) is 5.02 Å². The Hall–Kier alpha value is -3.06. The molecular formula is C24H19ClN3O2S+. The molecule has 0 bridgehead atoms. The van der Waals surface area contributed by atoms with Crippen molar-refractivity contribution in [1.82, 2.24) is 14.5 Å². The van der Waals surface area contributed by atoms with Crippen LogP contribution in [0.4, 0.5) is 0 Å². The maximum Gasteiger partial charge on any atom is 0.331 e. The molecule has 0 aliphatic heterocycles. The molecule has 7 heteroatoms. The van der Waals surface area contributed by atoms with Crippen molar-refractivity contribution < 1.29 is 4.18 Å². The first-order valence-corrected chi connectivity index (χ1v) is 11.6. The smallest absolute Gasteiger partial charge is 0.304 e. The van der Waals surface area contributed by atoms with Crippen LogP contribution in [0.1, 0.15) is 0 Å². The lowest BCUT2D eigenvalue weighted by atomic mass is 10.0. The van der Waals surface area contributed by atoms with Gasteiger partial charge in [-0.2, -0.15) is 4.18 Å². The van der Waals surface area contributed by atoms with E-state index in [1.807, 2.05) is 66.9 Å². The zero-order valence-electron chi connectivity index (χ0n) is 16.9. The van der Waals surface area contributed by atoms with Crippen LogP contribution in [0.15, 0.2) is 82.6 Å². The Morgan fingerprint density at radius 2 is 1.71 bits per heavy atom. The minimum atomic E-state index is -0.291. The van der Waals surface area contributed by atoms with Gasteiger partial charge >= 0.3 is 5.69 Å². The molecule has 5 rings (SSSR count). The molecule has 0 saturated carbocycles. The fourth-order valence-electron chi connectivity index (χ4n) is 3.73. The number of imidazole rings is 1. The summed E-state index contributed by atoms with van der Waals surface area (Å²) >= 11 is 5.75. The number of rotatable bonds is 4. The number of aromatic nitrogens is 3. The zero-order valence-corrected chi connectivity index (χ0v) is 18.5. The monoisotopic (exact) mass is 448 g/mol. The first-order chi connectivity index (χ1) is 15.0. The fraction of sp³-hybridized carbons (Fsp3) is 0.0833. The van der Waals surface area contributed by atoms with Crippen LogP contribution in [0.25, 0.3) is 38.8 Å². The number of H-pyrrole nitrogens is 1. The van der Waals surface area contributed by atoms with E-state index in [-0.39, 0.29) is 16.9 Å². The van der Waals surface area contributed by atoms with E-state index < -0.39 is 0 Å². The van der Waals surface area contributed by atoms with Gasteiger partial charge in [-0.25, -0.2) is 4.79 Å². The largest absolute Gasteiger partial charge is 0.331 e. The van der Waals surface area contributed by atoms with Crippen LogP contribution >= 0.6 is 11.6 Å². The number of nitrogens with zero attached hydrogens (tertiary/aromatic N) is 2. The molecule has 0 amide bonds. The fourth-order valence-corrected chi connectivity index (χ4v) is 4.57. The molecule has 5 nitrogen and oxygen atoms in total. The Labute approximate surface area is 186 Å². The van der Waals surface area contributed by atoms with Crippen LogP contribution in [0.3, 0.4) is 0 Å². The van der Waals surface area contributed by atoms with E-state index in [0.717, 1.165) is 38.1 Å². The maximum absolute atomic E-state index is 12.9. The molecule has 0 aliphatic rings. The van der Waals surface area contributed by atoms with E-state index in [9.17, 15) is 4.79 Å². The van der Waals surface area contributed by atoms with E-state index in [0.29, 0.717) is 10.5 Å². The molecule has 2 heterocycles.